The van der Waals surface area contributed by atoms with Gasteiger partial charge < -0.3 is 24.0 Å². The molecule has 2 aromatic rings. The number of esters is 1. The molecule has 0 saturated carbocycles. The van der Waals surface area contributed by atoms with Gasteiger partial charge in [0.1, 0.15) is 6.61 Å². The number of nitro benzene ring substituents is 1. The van der Waals surface area contributed by atoms with Gasteiger partial charge in [-0.2, -0.15) is 0 Å². The van der Waals surface area contributed by atoms with Crippen molar-refractivity contribution in [1.82, 2.24) is 15.1 Å². The van der Waals surface area contributed by atoms with Gasteiger partial charge in [0.15, 0.2) is 0 Å². The predicted octanol–water partition coefficient (Wildman–Crippen LogP) is 5.85. The summed E-state index contributed by atoms with van der Waals surface area (Å²) in [6, 6.07) is 16.6. The lowest BCUT2D eigenvalue weighted by Crippen LogP contribution is -2.47. The maximum absolute atomic E-state index is 14.3. The van der Waals surface area contributed by atoms with Crippen LogP contribution in [0, 0.1) is 15.5 Å². The number of aryl methyl sites for hydroxylation is 1. The van der Waals surface area contributed by atoms with Crippen LogP contribution in [0.5, 0.6) is 0 Å². The first-order valence-electron chi connectivity index (χ1n) is 15.9. The Morgan fingerprint density at radius 1 is 1.00 bits per heavy atom. The summed E-state index contributed by atoms with van der Waals surface area (Å²) in [5.41, 5.74) is 2.60. The van der Waals surface area contributed by atoms with Crippen LogP contribution < -0.4 is 5.32 Å². The van der Waals surface area contributed by atoms with Gasteiger partial charge in [-0.3, -0.25) is 19.6 Å². The van der Waals surface area contributed by atoms with Crippen LogP contribution in [0.25, 0.3) is 0 Å². The minimum absolute atomic E-state index is 0.137. The van der Waals surface area contributed by atoms with Crippen LogP contribution in [-0.2, 0) is 29.6 Å². The highest BCUT2D eigenvalue weighted by atomic mass is 31.2. The fourth-order valence-electron chi connectivity index (χ4n) is 6.23. The summed E-state index contributed by atoms with van der Waals surface area (Å²) < 4.78 is 32.0. The number of nitrogens with one attached hydrogen (secondary N) is 1. The van der Waals surface area contributed by atoms with Gasteiger partial charge in [-0.05, 0) is 44.4 Å². The summed E-state index contributed by atoms with van der Waals surface area (Å²) in [6.07, 6.45) is 2.19. The number of hydrogen-bond acceptors (Lipinski definition) is 10. The number of dihydropyridines is 1. The van der Waals surface area contributed by atoms with Crippen LogP contribution in [0.4, 0.5) is 5.69 Å². The van der Waals surface area contributed by atoms with Gasteiger partial charge in [0.2, 0.25) is 0 Å². The number of hydrogen-bond donors (Lipinski definition) is 1. The second-order valence-corrected chi connectivity index (χ2v) is 15.1. The molecule has 0 aliphatic carbocycles. The number of non-ortho nitro benzene ring substituents is 1. The number of benzene rings is 2. The normalized spacial score (nSPS) is 22.0. The number of carbonyl (C=O) groups excluding carboxylic acids is 1. The number of allylic oxidation sites excluding steroid dienone is 3. The zero-order valence-electron chi connectivity index (χ0n) is 27.2. The molecule has 0 radical (unpaired) electrons. The van der Waals surface area contributed by atoms with E-state index >= 15 is 0 Å². The highest BCUT2D eigenvalue weighted by Gasteiger charge is 2.48. The summed E-state index contributed by atoms with van der Waals surface area (Å²) in [4.78, 5) is 29.8. The average Bonchev–Trinajstić information content (AvgIpc) is 3.03. The molecule has 0 spiro atoms. The fraction of sp³-hybridized carbons (Fsp3) is 0.500. The summed E-state index contributed by atoms with van der Waals surface area (Å²) in [7, 11) is -3.88. The quantitative estimate of drug-likeness (QED) is 0.137. The molecule has 1 N–H and O–H groups in total. The Kier molecular flexibility index (Phi) is 10.8. The highest BCUT2D eigenvalue weighted by molar-refractivity contribution is 7.58. The third-order valence-electron chi connectivity index (χ3n) is 8.79. The van der Waals surface area contributed by atoms with E-state index in [0.29, 0.717) is 23.5 Å². The largest absolute Gasteiger partial charge is 0.461 e. The van der Waals surface area contributed by atoms with Crippen molar-refractivity contribution in [3.8, 4) is 0 Å². The molecule has 5 rings (SSSR count). The predicted molar refractivity (Wildman–Crippen MR) is 176 cm³/mol. The summed E-state index contributed by atoms with van der Waals surface area (Å²) in [5.74, 6) is -1.49. The van der Waals surface area contributed by atoms with Gasteiger partial charge in [0, 0.05) is 61.7 Å². The van der Waals surface area contributed by atoms with Crippen molar-refractivity contribution < 1.29 is 28.1 Å². The molecule has 1 atom stereocenters. The lowest BCUT2D eigenvalue weighted by atomic mass is 9.86. The van der Waals surface area contributed by atoms with Crippen molar-refractivity contribution in [1.29, 1.82) is 0 Å². The molecule has 46 heavy (non-hydrogen) atoms. The maximum Gasteiger partial charge on any atom is 0.360 e. The first kappa shape index (κ1) is 34.0. The van der Waals surface area contributed by atoms with Crippen molar-refractivity contribution in [3.05, 3.63) is 98.1 Å². The lowest BCUT2D eigenvalue weighted by molar-refractivity contribution is -0.384. The number of nitrogens with zero attached hydrogens (tertiary/aromatic N) is 3. The zero-order valence-corrected chi connectivity index (χ0v) is 28.1. The zero-order chi connectivity index (χ0) is 32.9. The topological polar surface area (TPSA) is 123 Å². The molecule has 248 valence electrons. The smallest absolute Gasteiger partial charge is 0.360 e. The van der Waals surface area contributed by atoms with Gasteiger partial charge in [-0.25, -0.2) is 4.79 Å². The van der Waals surface area contributed by atoms with Crippen molar-refractivity contribution in [2.24, 2.45) is 5.41 Å². The average molecular weight is 653 g/mol. The SMILES string of the molecule is CC1=C(C(=O)OCCN2CCN(CCCc3ccccc3)CC2)C(c2cccc([N+](=O)[O-])c2)C(P2(=O)OCC(C)(C)CO2)=C(C)N1. The van der Waals surface area contributed by atoms with Gasteiger partial charge in [0.05, 0.1) is 34.9 Å². The second-order valence-electron chi connectivity index (χ2n) is 13.1. The molecular weight excluding hydrogens is 607 g/mol. The number of nitro groups is 1. The number of carbonyl (C=O) groups is 1. The summed E-state index contributed by atoms with van der Waals surface area (Å²) in [6.45, 7) is 13.3. The standard InChI is InChI=1S/C34H45N4O7P/c1-25-30(33(39)43-21-20-37-18-16-36(17-19-37)15-9-12-27-10-6-5-7-11-27)31(28-13-8-14-29(22-28)38(40)41)32(26(2)35-25)46(42)44-23-34(3,4)24-45-46/h5-8,10-11,13-14,22,31,35H,9,12,15-21,23-24H2,1-4H3. The van der Waals surface area contributed by atoms with Gasteiger partial charge in [-0.1, -0.05) is 56.3 Å². The first-order valence-corrected chi connectivity index (χ1v) is 17.5. The van der Waals surface area contributed by atoms with E-state index in [1.54, 1.807) is 26.0 Å². The Bertz CT molecular complexity index is 1520. The maximum atomic E-state index is 14.3. The van der Waals surface area contributed by atoms with Crippen LogP contribution in [-0.4, -0.2) is 79.8 Å². The Balaban J connectivity index is 1.25. The van der Waals surface area contributed by atoms with Crippen LogP contribution in [0.3, 0.4) is 0 Å². The number of rotatable bonds is 11. The van der Waals surface area contributed by atoms with Crippen LogP contribution in [0.2, 0.25) is 0 Å². The minimum Gasteiger partial charge on any atom is -0.461 e. The van der Waals surface area contributed by atoms with Crippen LogP contribution in [0.15, 0.2) is 76.9 Å². The van der Waals surface area contributed by atoms with E-state index in [1.807, 2.05) is 19.9 Å². The molecule has 2 aromatic carbocycles. The molecule has 1 unspecified atom stereocenters. The molecule has 3 aliphatic rings. The molecule has 0 amide bonds. The number of piperazine rings is 1. The molecular formula is C34H45N4O7P. The second kappa shape index (κ2) is 14.6. The Morgan fingerprint density at radius 2 is 1.65 bits per heavy atom. The third-order valence-corrected chi connectivity index (χ3v) is 10.9. The molecule has 2 saturated heterocycles. The highest BCUT2D eigenvalue weighted by Crippen LogP contribution is 2.66. The molecule has 0 bridgehead atoms. The van der Waals surface area contributed by atoms with Gasteiger partial charge >= 0.3 is 13.6 Å². The van der Waals surface area contributed by atoms with Crippen molar-refractivity contribution in [2.45, 2.75) is 46.5 Å². The number of ether oxygens (including phenoxy) is 1. The molecule has 2 fully saturated rings. The first-order chi connectivity index (χ1) is 22.0. The molecule has 0 aromatic heterocycles. The molecule has 11 nitrogen and oxygen atoms in total. The fourth-order valence-corrected chi connectivity index (χ4v) is 8.68. The Hall–Kier alpha value is -3.34. The van der Waals surface area contributed by atoms with E-state index in [2.05, 4.69) is 39.4 Å². The third kappa shape index (κ3) is 8.14. The monoisotopic (exact) mass is 652 g/mol. The van der Waals surface area contributed by atoms with E-state index in [0.717, 1.165) is 45.6 Å². The van der Waals surface area contributed by atoms with Crippen LogP contribution >= 0.6 is 7.60 Å². The van der Waals surface area contributed by atoms with E-state index in [9.17, 15) is 19.5 Å². The lowest BCUT2D eigenvalue weighted by Gasteiger charge is -2.39. The van der Waals surface area contributed by atoms with Gasteiger partial charge in [-0.15, -0.1) is 0 Å². The Labute approximate surface area is 271 Å². The van der Waals surface area contributed by atoms with Crippen molar-refractivity contribution in [2.75, 3.05) is 59.1 Å². The van der Waals surface area contributed by atoms with E-state index < -0.39 is 24.4 Å². The summed E-state index contributed by atoms with van der Waals surface area (Å²) >= 11 is 0. The van der Waals surface area contributed by atoms with Crippen LogP contribution in [0.1, 0.15) is 51.2 Å². The van der Waals surface area contributed by atoms with E-state index in [1.165, 1.54) is 17.7 Å². The minimum atomic E-state index is -3.88. The van der Waals surface area contributed by atoms with Gasteiger partial charge in [0.25, 0.3) is 5.69 Å². The molecule has 12 heteroatoms. The van der Waals surface area contributed by atoms with Crippen molar-refractivity contribution in [3.63, 3.8) is 0 Å². The Morgan fingerprint density at radius 3 is 2.30 bits per heavy atom. The van der Waals surface area contributed by atoms with Crippen molar-refractivity contribution >= 4 is 19.3 Å². The summed E-state index contributed by atoms with van der Waals surface area (Å²) in [5, 5.41) is 15.1. The van der Waals surface area contributed by atoms with E-state index in [4.69, 9.17) is 13.8 Å². The van der Waals surface area contributed by atoms with E-state index in [-0.39, 0.29) is 41.8 Å². The molecule has 3 aliphatic heterocycles. The molecule has 3 heterocycles.